The van der Waals surface area contributed by atoms with Gasteiger partial charge in [0.2, 0.25) is 5.88 Å². The van der Waals surface area contributed by atoms with E-state index in [9.17, 15) is 31.2 Å². The van der Waals surface area contributed by atoms with Gasteiger partial charge in [-0.05, 0) is 87.2 Å². The monoisotopic (exact) mass is 972 g/mol. The van der Waals surface area contributed by atoms with Crippen LogP contribution in [-0.2, 0) is 77.5 Å². The minimum Gasteiger partial charge on any atom is -0.466 e. The first kappa shape index (κ1) is 58.1. The van der Waals surface area contributed by atoms with Crippen molar-refractivity contribution in [2.75, 3.05) is 33.6 Å². The lowest BCUT2D eigenvalue weighted by atomic mass is 9.90. The number of carbonyl (C=O) groups excluding carboxylic acids is 2. The minimum atomic E-state index is -5.72. The van der Waals surface area contributed by atoms with Crippen molar-refractivity contribution in [2.45, 2.75) is 98.3 Å². The third-order valence-electron chi connectivity index (χ3n) is 10.7. The van der Waals surface area contributed by atoms with Gasteiger partial charge in [0.1, 0.15) is 0 Å². The summed E-state index contributed by atoms with van der Waals surface area (Å²) in [6.45, 7) is 12.5. The first-order valence-corrected chi connectivity index (χ1v) is 22.9. The van der Waals surface area contributed by atoms with Crippen molar-refractivity contribution in [3.05, 3.63) is 142 Å². The Morgan fingerprint density at radius 3 is 1.64 bits per heavy atom. The molecule has 1 fully saturated rings. The number of ether oxygens (including phenoxy) is 2. The lowest BCUT2D eigenvalue weighted by Gasteiger charge is -2.32. The Labute approximate surface area is 400 Å². The van der Waals surface area contributed by atoms with Crippen LogP contribution in [-0.4, -0.2) is 97.5 Å². The maximum absolute atomic E-state index is 12.4. The molecule has 0 bridgehead atoms. The smallest absolute Gasteiger partial charge is 0.466 e. The number of fused-ring (bicyclic) bond motifs is 2. The number of thiol groups is 1. The molecule has 13 nitrogen and oxygen atoms in total. The van der Waals surface area contributed by atoms with Crippen molar-refractivity contribution in [1.82, 2.24) is 19.8 Å². The molecule has 0 radical (unpaired) electrons. The standard InChI is InChI=1S/C19H20N2O2.C16H15F3N2O3S.C10H17BO4.CH4S.2CH4/c1-23-19(22)10-9-17-8-7-16-11-12-21(14-18(16)20-17)13-15-5-3-2-4-6-15;17-16(18,19)25(22,23)24-15-7-6-13-8-9-21(11-14(13)20-15)10-12-4-2-1-3-5-12;1-9(2)10(3,4)15-11(14-9)7-6-8(12)13-5;1-2;;/h2-10H,11-14H2,1H3;1-7H,8-11H2;6-7H,1-5H3;2H,1H3;2*1H4/b10-9+;;7-6+;;;. The normalized spacial score (nSPS) is 16.2. The largest absolute Gasteiger partial charge is 0.534 e. The Balaban J connectivity index is 0.000000343. The van der Waals surface area contributed by atoms with E-state index in [1.54, 1.807) is 24.4 Å². The fourth-order valence-electron chi connectivity index (χ4n) is 6.59. The molecule has 19 heteroatoms. The SMILES string of the molecule is C.C.COC(=O)/C=C/B1OC(C)(C)C(C)(C)O1.COC(=O)/C=C/c1ccc2c(n1)CN(Cc1ccccc1)CC2.CS.O=S(=O)(Oc1ccc2c(n1)CN(Cc1ccccc1)CC2)C(F)(F)F. The lowest BCUT2D eigenvalue weighted by Crippen LogP contribution is -2.41. The van der Waals surface area contributed by atoms with Gasteiger partial charge in [0.25, 0.3) is 0 Å². The number of halogens is 3. The molecule has 1 saturated heterocycles. The molecule has 0 spiro atoms. The van der Waals surface area contributed by atoms with Crippen LogP contribution in [0, 0.1) is 0 Å². The molecule has 7 rings (SSSR count). The molecule has 3 aliphatic heterocycles. The summed E-state index contributed by atoms with van der Waals surface area (Å²) in [6, 6.07) is 27.0. The van der Waals surface area contributed by atoms with Crippen molar-refractivity contribution in [3.8, 4) is 5.88 Å². The molecule has 3 aliphatic rings. The van der Waals surface area contributed by atoms with Crippen LogP contribution >= 0.6 is 12.6 Å². The van der Waals surface area contributed by atoms with Gasteiger partial charge < -0.3 is 23.0 Å². The number of rotatable bonds is 10. The maximum Gasteiger partial charge on any atom is 0.534 e. The molecule has 2 aromatic carbocycles. The number of nitrogens with zero attached hydrogens (tertiary/aromatic N) is 4. The number of benzene rings is 2. The van der Waals surface area contributed by atoms with Gasteiger partial charge in [-0.15, -0.1) is 0 Å². The minimum absolute atomic E-state index is 0. The van der Waals surface area contributed by atoms with E-state index in [0.29, 0.717) is 25.2 Å². The van der Waals surface area contributed by atoms with Gasteiger partial charge in [0.15, 0.2) is 0 Å². The Morgan fingerprint density at radius 2 is 1.18 bits per heavy atom. The predicted molar refractivity (Wildman–Crippen MR) is 259 cm³/mol. The zero-order valence-electron chi connectivity index (χ0n) is 37.6. The van der Waals surface area contributed by atoms with Crippen LogP contribution in [0.4, 0.5) is 13.2 Å². The number of aromatic nitrogens is 2. The Bertz CT molecular complexity index is 2340. The summed E-state index contributed by atoms with van der Waals surface area (Å²) in [4.78, 5) is 35.2. The topological polar surface area (TPSA) is 147 Å². The van der Waals surface area contributed by atoms with Gasteiger partial charge >= 0.3 is 34.7 Å². The highest BCUT2D eigenvalue weighted by molar-refractivity contribution is 7.88. The third kappa shape index (κ3) is 17.5. The lowest BCUT2D eigenvalue weighted by molar-refractivity contribution is -0.135. The van der Waals surface area contributed by atoms with Gasteiger partial charge in [-0.3, -0.25) is 14.8 Å². The maximum atomic E-state index is 12.4. The summed E-state index contributed by atoms with van der Waals surface area (Å²) in [7, 11) is -3.51. The predicted octanol–water partition coefficient (Wildman–Crippen LogP) is 8.86. The average Bonchev–Trinajstić information content (AvgIpc) is 3.50. The third-order valence-corrected chi connectivity index (χ3v) is 11.7. The van der Waals surface area contributed by atoms with E-state index in [1.165, 1.54) is 37.5 Å². The molecule has 0 amide bonds. The molecule has 67 heavy (non-hydrogen) atoms. The van der Waals surface area contributed by atoms with Crippen molar-refractivity contribution >= 4 is 47.9 Å². The molecule has 0 saturated carbocycles. The molecule has 0 atom stereocenters. The highest BCUT2D eigenvalue weighted by atomic mass is 32.2. The molecule has 366 valence electrons. The number of carbonyl (C=O) groups is 2. The molecule has 0 N–H and O–H groups in total. The summed E-state index contributed by atoms with van der Waals surface area (Å²) in [6.07, 6.45) is 7.79. The van der Waals surface area contributed by atoms with Crippen molar-refractivity contribution in [1.29, 1.82) is 0 Å². The second kappa shape index (κ2) is 26.5. The van der Waals surface area contributed by atoms with Gasteiger partial charge in [-0.2, -0.15) is 34.2 Å². The van der Waals surface area contributed by atoms with Crippen LogP contribution in [0.1, 0.15) is 81.9 Å². The van der Waals surface area contributed by atoms with Crippen LogP contribution in [0.3, 0.4) is 0 Å². The highest BCUT2D eigenvalue weighted by Gasteiger charge is 2.50. The van der Waals surface area contributed by atoms with E-state index in [2.05, 4.69) is 76.4 Å². The highest BCUT2D eigenvalue weighted by Crippen LogP contribution is 2.37. The van der Waals surface area contributed by atoms with Crippen molar-refractivity contribution < 1.29 is 54.1 Å². The van der Waals surface area contributed by atoms with E-state index in [1.807, 2.05) is 70.2 Å². The van der Waals surface area contributed by atoms with Gasteiger partial charge in [0.05, 0.1) is 42.5 Å². The summed E-state index contributed by atoms with van der Waals surface area (Å²) in [5, 5.41) is 0. The molecule has 5 heterocycles. The number of pyridine rings is 2. The van der Waals surface area contributed by atoms with Crippen LogP contribution in [0.15, 0.2) is 103 Å². The average molecular weight is 973 g/mol. The summed E-state index contributed by atoms with van der Waals surface area (Å²) < 4.78 is 83.9. The van der Waals surface area contributed by atoms with E-state index < -0.39 is 34.6 Å². The van der Waals surface area contributed by atoms with Crippen molar-refractivity contribution in [2.24, 2.45) is 0 Å². The first-order chi connectivity index (χ1) is 30.8. The second-order valence-electron chi connectivity index (χ2n) is 15.8. The zero-order chi connectivity index (χ0) is 47.8. The second-order valence-corrected chi connectivity index (χ2v) is 17.4. The van der Waals surface area contributed by atoms with Crippen LogP contribution in [0.5, 0.6) is 5.88 Å². The van der Waals surface area contributed by atoms with Gasteiger partial charge in [-0.25, -0.2) is 14.6 Å². The molecule has 0 aliphatic carbocycles. The number of alkyl halides is 3. The summed E-state index contributed by atoms with van der Waals surface area (Å²) in [5.74, 6) is 0.208. The first-order valence-electron chi connectivity index (χ1n) is 20.6. The van der Waals surface area contributed by atoms with E-state index in [4.69, 9.17) is 9.31 Å². The zero-order valence-corrected chi connectivity index (χ0v) is 39.3. The Kier molecular flexibility index (Phi) is 23.0. The van der Waals surface area contributed by atoms with Gasteiger partial charge in [0, 0.05) is 57.5 Å². The molecular weight excluding hydrogens is 908 g/mol. The summed E-state index contributed by atoms with van der Waals surface area (Å²) in [5.41, 5.74) is 0.772. The van der Waals surface area contributed by atoms with Crippen LogP contribution in [0.25, 0.3) is 6.08 Å². The fraction of sp³-hybridized carbons (Fsp3) is 0.417. The molecule has 4 aromatic rings. The van der Waals surface area contributed by atoms with Crippen LogP contribution in [0.2, 0.25) is 0 Å². The molecule has 2 aromatic heterocycles. The van der Waals surface area contributed by atoms with Crippen LogP contribution < -0.4 is 4.18 Å². The molecular formula is C48H64BF3N4O9S2. The number of methoxy groups -OCH3 is 2. The Morgan fingerprint density at radius 1 is 0.731 bits per heavy atom. The number of hydrogen-bond acceptors (Lipinski definition) is 14. The van der Waals surface area contributed by atoms with E-state index in [0.717, 1.165) is 61.2 Å². The quantitative estimate of drug-likeness (QED) is 0.0404. The van der Waals surface area contributed by atoms with Crippen molar-refractivity contribution in [3.63, 3.8) is 0 Å². The fourth-order valence-corrected chi connectivity index (χ4v) is 7.00. The Hall–Kier alpha value is -5.05. The van der Waals surface area contributed by atoms with Gasteiger partial charge in [-0.1, -0.05) is 87.6 Å². The summed E-state index contributed by atoms with van der Waals surface area (Å²) >= 11 is 3.53. The van der Waals surface area contributed by atoms with E-state index >= 15 is 0 Å². The molecule has 0 unspecified atom stereocenters. The number of hydrogen-bond donors (Lipinski definition) is 1. The van der Waals surface area contributed by atoms with E-state index in [-0.39, 0.29) is 32.0 Å². The number of esters is 2.